The van der Waals surface area contributed by atoms with E-state index in [9.17, 15) is 0 Å². The molecule has 4 heteroatoms. The van der Waals surface area contributed by atoms with Crippen molar-refractivity contribution in [2.75, 3.05) is 0 Å². The predicted molar refractivity (Wildman–Crippen MR) is 92.8 cm³/mol. The SMILES string of the molecule is Cc1ccc2c(c1)nc(C(C)Cl)n2-c1cccc(I)c1. The third-order valence-corrected chi connectivity index (χ3v) is 4.12. The number of aryl methyl sites for hydroxylation is 1. The van der Waals surface area contributed by atoms with Gasteiger partial charge in [0.1, 0.15) is 5.82 Å². The number of nitrogens with zero attached hydrogens (tertiary/aromatic N) is 2. The van der Waals surface area contributed by atoms with Crippen molar-refractivity contribution < 1.29 is 0 Å². The van der Waals surface area contributed by atoms with Crippen LogP contribution in [0, 0.1) is 10.5 Å². The number of alkyl halides is 1. The molecule has 0 saturated heterocycles. The number of benzene rings is 2. The Hall–Kier alpha value is -1.07. The number of hydrogen-bond donors (Lipinski definition) is 0. The van der Waals surface area contributed by atoms with Gasteiger partial charge in [0.25, 0.3) is 0 Å². The molecule has 1 atom stereocenters. The van der Waals surface area contributed by atoms with E-state index in [2.05, 4.69) is 76.5 Å². The van der Waals surface area contributed by atoms with Gasteiger partial charge in [0, 0.05) is 9.26 Å². The summed E-state index contributed by atoms with van der Waals surface area (Å²) >= 11 is 8.65. The minimum atomic E-state index is -0.138. The number of imidazole rings is 1. The Morgan fingerprint density at radius 2 is 2.00 bits per heavy atom. The highest BCUT2D eigenvalue weighted by Gasteiger charge is 2.16. The third-order valence-electron chi connectivity index (χ3n) is 3.26. The van der Waals surface area contributed by atoms with Gasteiger partial charge in [-0.05, 0) is 72.3 Å². The molecule has 2 nitrogen and oxygen atoms in total. The quantitative estimate of drug-likeness (QED) is 0.428. The van der Waals surface area contributed by atoms with Crippen LogP contribution in [0.5, 0.6) is 0 Å². The van der Waals surface area contributed by atoms with Crippen LogP contribution in [0.15, 0.2) is 42.5 Å². The Morgan fingerprint density at radius 1 is 1.20 bits per heavy atom. The van der Waals surface area contributed by atoms with E-state index >= 15 is 0 Å². The number of halogens is 2. The fourth-order valence-corrected chi connectivity index (χ4v) is 3.04. The van der Waals surface area contributed by atoms with Crippen molar-refractivity contribution in [2.24, 2.45) is 0 Å². The number of hydrogen-bond acceptors (Lipinski definition) is 1. The summed E-state index contributed by atoms with van der Waals surface area (Å²) in [6.07, 6.45) is 0. The first-order valence-corrected chi connectivity index (χ1v) is 7.97. The second kappa shape index (κ2) is 5.37. The lowest BCUT2D eigenvalue weighted by Crippen LogP contribution is -2.02. The Morgan fingerprint density at radius 3 is 2.70 bits per heavy atom. The minimum Gasteiger partial charge on any atom is -0.295 e. The summed E-state index contributed by atoms with van der Waals surface area (Å²) in [4.78, 5) is 4.71. The van der Waals surface area contributed by atoms with Crippen LogP contribution >= 0.6 is 34.2 Å². The van der Waals surface area contributed by atoms with Crippen LogP contribution in [-0.2, 0) is 0 Å². The lowest BCUT2D eigenvalue weighted by molar-refractivity contribution is 0.882. The van der Waals surface area contributed by atoms with Gasteiger partial charge >= 0.3 is 0 Å². The van der Waals surface area contributed by atoms with Crippen molar-refractivity contribution in [3.05, 3.63) is 57.4 Å². The molecule has 0 aliphatic rings. The number of rotatable bonds is 2. The number of aromatic nitrogens is 2. The van der Waals surface area contributed by atoms with Gasteiger partial charge in [0.15, 0.2) is 0 Å². The van der Waals surface area contributed by atoms with E-state index in [-0.39, 0.29) is 5.38 Å². The van der Waals surface area contributed by atoms with E-state index in [1.807, 2.05) is 6.92 Å². The maximum absolute atomic E-state index is 6.32. The fourth-order valence-electron chi connectivity index (χ4n) is 2.36. The van der Waals surface area contributed by atoms with Gasteiger partial charge in [-0.2, -0.15) is 0 Å². The molecule has 0 amide bonds. The van der Waals surface area contributed by atoms with Crippen LogP contribution < -0.4 is 0 Å². The molecule has 102 valence electrons. The standard InChI is InChI=1S/C16H14ClIN2/c1-10-6-7-15-14(8-10)19-16(11(2)17)20(15)13-5-3-4-12(18)9-13/h3-9,11H,1-2H3. The molecule has 0 fully saturated rings. The molecular formula is C16H14ClIN2. The maximum Gasteiger partial charge on any atom is 0.132 e. The van der Waals surface area contributed by atoms with Gasteiger partial charge in [0.05, 0.1) is 16.4 Å². The Bertz CT molecular complexity index is 777. The first kappa shape index (κ1) is 13.9. The van der Waals surface area contributed by atoms with Crippen LogP contribution in [-0.4, -0.2) is 9.55 Å². The van der Waals surface area contributed by atoms with Crippen molar-refractivity contribution in [1.29, 1.82) is 0 Å². The smallest absolute Gasteiger partial charge is 0.132 e. The Kier molecular flexibility index (Phi) is 3.73. The van der Waals surface area contributed by atoms with Crippen molar-refractivity contribution in [3.8, 4) is 5.69 Å². The molecule has 1 unspecified atom stereocenters. The first-order valence-electron chi connectivity index (χ1n) is 6.45. The average molecular weight is 397 g/mol. The van der Waals surface area contributed by atoms with E-state index in [1.165, 1.54) is 9.13 Å². The minimum absolute atomic E-state index is 0.138. The van der Waals surface area contributed by atoms with Crippen molar-refractivity contribution >= 4 is 45.2 Å². The van der Waals surface area contributed by atoms with Gasteiger partial charge in [-0.15, -0.1) is 11.6 Å². The molecule has 3 rings (SSSR count). The Labute approximate surface area is 136 Å². The van der Waals surface area contributed by atoms with Gasteiger partial charge in [-0.25, -0.2) is 4.98 Å². The second-order valence-electron chi connectivity index (χ2n) is 4.89. The molecule has 3 aromatic rings. The van der Waals surface area contributed by atoms with E-state index in [1.54, 1.807) is 0 Å². The summed E-state index contributed by atoms with van der Waals surface area (Å²) in [6, 6.07) is 14.7. The zero-order valence-electron chi connectivity index (χ0n) is 11.3. The topological polar surface area (TPSA) is 17.8 Å². The highest BCUT2D eigenvalue weighted by molar-refractivity contribution is 14.1. The van der Waals surface area contributed by atoms with Crippen LogP contribution in [0.2, 0.25) is 0 Å². The zero-order chi connectivity index (χ0) is 14.3. The summed E-state index contributed by atoms with van der Waals surface area (Å²) in [5.74, 6) is 0.884. The molecule has 0 spiro atoms. The zero-order valence-corrected chi connectivity index (χ0v) is 14.2. The summed E-state index contributed by atoms with van der Waals surface area (Å²) in [7, 11) is 0. The van der Waals surface area contributed by atoms with Crippen LogP contribution in [0.3, 0.4) is 0 Å². The second-order valence-corrected chi connectivity index (χ2v) is 6.79. The molecule has 0 N–H and O–H groups in total. The summed E-state index contributed by atoms with van der Waals surface area (Å²) in [5, 5.41) is -0.138. The monoisotopic (exact) mass is 396 g/mol. The lowest BCUT2D eigenvalue weighted by Gasteiger charge is -2.11. The molecule has 1 heterocycles. The molecule has 2 aromatic carbocycles. The largest absolute Gasteiger partial charge is 0.295 e. The highest BCUT2D eigenvalue weighted by Crippen LogP contribution is 2.29. The van der Waals surface area contributed by atoms with E-state index in [0.29, 0.717) is 0 Å². The normalized spacial score (nSPS) is 12.8. The lowest BCUT2D eigenvalue weighted by atomic mass is 10.2. The number of fused-ring (bicyclic) bond motifs is 1. The van der Waals surface area contributed by atoms with Gasteiger partial charge in [0.2, 0.25) is 0 Å². The average Bonchev–Trinajstić information content (AvgIpc) is 2.77. The predicted octanol–water partition coefficient (Wildman–Crippen LogP) is 5.24. The first-order chi connectivity index (χ1) is 9.56. The van der Waals surface area contributed by atoms with Crippen molar-refractivity contribution in [3.63, 3.8) is 0 Å². The highest BCUT2D eigenvalue weighted by atomic mass is 127. The van der Waals surface area contributed by atoms with Crippen LogP contribution in [0.4, 0.5) is 0 Å². The molecular weight excluding hydrogens is 383 g/mol. The van der Waals surface area contributed by atoms with E-state index in [4.69, 9.17) is 16.6 Å². The van der Waals surface area contributed by atoms with Crippen molar-refractivity contribution in [2.45, 2.75) is 19.2 Å². The Balaban J connectivity index is 2.34. The van der Waals surface area contributed by atoms with Crippen molar-refractivity contribution in [1.82, 2.24) is 9.55 Å². The van der Waals surface area contributed by atoms with E-state index < -0.39 is 0 Å². The fraction of sp³-hybridized carbons (Fsp3) is 0.188. The van der Waals surface area contributed by atoms with Gasteiger partial charge in [-0.1, -0.05) is 12.1 Å². The molecule has 0 bridgehead atoms. The molecule has 1 aromatic heterocycles. The molecule has 20 heavy (non-hydrogen) atoms. The molecule has 0 saturated carbocycles. The molecule has 0 aliphatic carbocycles. The van der Waals surface area contributed by atoms with Gasteiger partial charge < -0.3 is 0 Å². The summed E-state index contributed by atoms with van der Waals surface area (Å²) in [5.41, 5.74) is 4.40. The van der Waals surface area contributed by atoms with Gasteiger partial charge in [-0.3, -0.25) is 4.57 Å². The third kappa shape index (κ3) is 2.44. The molecule has 0 radical (unpaired) electrons. The van der Waals surface area contributed by atoms with E-state index in [0.717, 1.165) is 22.5 Å². The van der Waals surface area contributed by atoms with Crippen LogP contribution in [0.25, 0.3) is 16.7 Å². The summed E-state index contributed by atoms with van der Waals surface area (Å²) < 4.78 is 3.34. The summed E-state index contributed by atoms with van der Waals surface area (Å²) in [6.45, 7) is 4.04. The molecule has 0 aliphatic heterocycles. The maximum atomic E-state index is 6.32. The van der Waals surface area contributed by atoms with Crippen LogP contribution in [0.1, 0.15) is 23.7 Å².